The summed E-state index contributed by atoms with van der Waals surface area (Å²) in [5.74, 6) is 0.844. The van der Waals surface area contributed by atoms with E-state index in [-0.39, 0.29) is 5.78 Å². The van der Waals surface area contributed by atoms with Crippen molar-refractivity contribution < 1.29 is 14.1 Å². The molecule has 2 aromatic carbocycles. The average Bonchev–Trinajstić information content (AvgIpc) is 2.98. The molecule has 1 aromatic heterocycles. The first-order chi connectivity index (χ1) is 12.7. The zero-order chi connectivity index (χ0) is 17.9. The molecule has 0 saturated carbocycles. The summed E-state index contributed by atoms with van der Waals surface area (Å²) in [6.45, 7) is 0.802. The summed E-state index contributed by atoms with van der Waals surface area (Å²) in [4.78, 5) is 14.3. The zero-order valence-corrected chi connectivity index (χ0v) is 15.2. The molecule has 1 aliphatic heterocycles. The molecule has 0 amide bonds. The van der Waals surface area contributed by atoms with Gasteiger partial charge >= 0.3 is 0 Å². The highest BCUT2D eigenvalue weighted by Gasteiger charge is 2.26. The second-order valence-electron chi connectivity index (χ2n) is 6.10. The molecule has 0 bridgehead atoms. The van der Waals surface area contributed by atoms with Crippen LogP contribution in [0.4, 0.5) is 0 Å². The van der Waals surface area contributed by atoms with Gasteiger partial charge in [0.1, 0.15) is 5.75 Å². The summed E-state index contributed by atoms with van der Waals surface area (Å²) in [5, 5.41) is 0. The number of Topliss-reactive ketones (excluding diaryl/α,β-unsaturated/α-hetero) is 1. The lowest BCUT2D eigenvalue weighted by Crippen LogP contribution is -2.33. The quantitative estimate of drug-likeness (QED) is 0.511. The van der Waals surface area contributed by atoms with E-state index in [2.05, 4.69) is 22.9 Å². The first-order valence-electron chi connectivity index (χ1n) is 8.38. The van der Waals surface area contributed by atoms with Gasteiger partial charge in [-0.25, -0.2) is 4.57 Å². The Balaban J connectivity index is 1.59. The average molecular weight is 360 g/mol. The molecular weight excluding hydrogens is 342 g/mol. The topological polar surface area (TPSA) is 30.2 Å². The van der Waals surface area contributed by atoms with Crippen molar-refractivity contribution in [2.45, 2.75) is 11.4 Å². The molecule has 4 rings (SSSR count). The lowest BCUT2D eigenvalue weighted by atomic mass is 10.1. The first-order valence-corrected chi connectivity index (χ1v) is 9.20. The molecular formula is C22H18NO2S+. The van der Waals surface area contributed by atoms with Crippen molar-refractivity contribution in [2.24, 2.45) is 0 Å². The Kier molecular flexibility index (Phi) is 4.59. The Bertz CT molecular complexity index is 996. The number of hydrogen-bond acceptors (Lipinski definition) is 3. The second-order valence-corrected chi connectivity index (χ2v) is 7.18. The fraction of sp³-hybridized carbons (Fsp3) is 0.0909. The van der Waals surface area contributed by atoms with E-state index in [1.54, 1.807) is 7.11 Å². The highest BCUT2D eigenvalue weighted by Crippen LogP contribution is 2.42. The largest absolute Gasteiger partial charge is 0.497 e. The smallest absolute Gasteiger partial charge is 0.200 e. The molecule has 0 fully saturated rings. The maximum atomic E-state index is 12.6. The molecule has 3 nitrogen and oxygen atoms in total. The van der Waals surface area contributed by atoms with Crippen LogP contribution in [0.2, 0.25) is 0 Å². The number of carbonyl (C=O) groups is 1. The van der Waals surface area contributed by atoms with Gasteiger partial charge < -0.3 is 4.74 Å². The van der Waals surface area contributed by atoms with Gasteiger partial charge in [-0.1, -0.05) is 42.1 Å². The van der Waals surface area contributed by atoms with Gasteiger partial charge in [0.25, 0.3) is 0 Å². The molecule has 0 saturated heterocycles. The van der Waals surface area contributed by atoms with Crippen molar-refractivity contribution in [3.05, 3.63) is 94.7 Å². The Morgan fingerprint density at radius 1 is 1.08 bits per heavy atom. The Morgan fingerprint density at radius 3 is 2.73 bits per heavy atom. The number of carbonyl (C=O) groups excluding carboxylic acids is 1. The molecule has 0 atom stereocenters. The van der Waals surface area contributed by atoms with Gasteiger partial charge in [0.05, 0.1) is 12.0 Å². The number of rotatable bonds is 4. The summed E-state index contributed by atoms with van der Waals surface area (Å²) in [5.41, 5.74) is 3.00. The number of fused-ring (bicyclic) bond motifs is 1. The molecule has 128 valence electrons. The number of ketones is 1. The van der Waals surface area contributed by atoms with Crippen LogP contribution in [-0.2, 0) is 6.54 Å². The summed E-state index contributed by atoms with van der Waals surface area (Å²) in [6, 6.07) is 19.9. The van der Waals surface area contributed by atoms with Gasteiger partial charge in [-0.05, 0) is 30.3 Å². The SMILES string of the molecule is COc1ccc2c(c1)S/C(=C\c1ccc[n+](Cc3ccccc3)c1)C2=O. The van der Waals surface area contributed by atoms with Crippen LogP contribution >= 0.6 is 11.8 Å². The minimum absolute atomic E-state index is 0.0751. The van der Waals surface area contributed by atoms with Crippen LogP contribution in [0.15, 0.2) is 82.9 Å². The number of thioether (sulfide) groups is 1. The fourth-order valence-electron chi connectivity index (χ4n) is 2.97. The number of benzene rings is 2. The molecule has 1 aliphatic rings. The molecule has 0 aliphatic carbocycles. The lowest BCUT2D eigenvalue weighted by Gasteiger charge is -2.00. The van der Waals surface area contributed by atoms with Gasteiger partial charge in [-0.3, -0.25) is 4.79 Å². The number of pyridine rings is 1. The fourth-order valence-corrected chi connectivity index (χ4v) is 4.05. The van der Waals surface area contributed by atoms with E-state index in [0.29, 0.717) is 0 Å². The highest BCUT2D eigenvalue weighted by molar-refractivity contribution is 8.04. The normalized spacial score (nSPS) is 14.5. The minimum atomic E-state index is 0.0751. The van der Waals surface area contributed by atoms with Crippen LogP contribution in [0.1, 0.15) is 21.5 Å². The molecule has 26 heavy (non-hydrogen) atoms. The molecule has 3 aromatic rings. The molecule has 0 spiro atoms. The van der Waals surface area contributed by atoms with Gasteiger partial charge in [-0.2, -0.15) is 0 Å². The van der Waals surface area contributed by atoms with Crippen molar-refractivity contribution in [2.75, 3.05) is 7.11 Å². The van der Waals surface area contributed by atoms with Crippen LogP contribution in [0, 0.1) is 0 Å². The van der Waals surface area contributed by atoms with Crippen molar-refractivity contribution >= 4 is 23.6 Å². The third-order valence-electron chi connectivity index (χ3n) is 4.26. The highest BCUT2D eigenvalue weighted by atomic mass is 32.2. The van der Waals surface area contributed by atoms with E-state index in [0.717, 1.165) is 33.2 Å². The number of ether oxygens (including phenoxy) is 1. The van der Waals surface area contributed by atoms with E-state index >= 15 is 0 Å². The summed E-state index contributed by atoms with van der Waals surface area (Å²) in [6.07, 6.45) is 6.07. The van der Waals surface area contributed by atoms with Crippen molar-refractivity contribution in [1.29, 1.82) is 0 Å². The number of aromatic nitrogens is 1. The maximum Gasteiger partial charge on any atom is 0.200 e. The van der Waals surface area contributed by atoms with Crippen LogP contribution in [0.25, 0.3) is 6.08 Å². The lowest BCUT2D eigenvalue weighted by molar-refractivity contribution is -0.688. The number of allylic oxidation sites excluding steroid dienone is 1. The van der Waals surface area contributed by atoms with E-state index in [9.17, 15) is 4.79 Å². The maximum absolute atomic E-state index is 12.6. The number of hydrogen-bond donors (Lipinski definition) is 0. The van der Waals surface area contributed by atoms with Gasteiger partial charge in [0.15, 0.2) is 18.9 Å². The third-order valence-corrected chi connectivity index (χ3v) is 5.34. The van der Waals surface area contributed by atoms with Crippen molar-refractivity contribution in [3.8, 4) is 5.75 Å². The Hall–Kier alpha value is -2.85. The molecule has 2 heterocycles. The first kappa shape index (κ1) is 16.6. The van der Waals surface area contributed by atoms with Crippen LogP contribution in [-0.4, -0.2) is 12.9 Å². The molecule has 0 radical (unpaired) electrons. The number of methoxy groups -OCH3 is 1. The third kappa shape index (κ3) is 3.41. The monoisotopic (exact) mass is 360 g/mol. The predicted molar refractivity (Wildman–Crippen MR) is 103 cm³/mol. The second kappa shape index (κ2) is 7.18. The Labute approximate surface area is 157 Å². The van der Waals surface area contributed by atoms with Crippen molar-refractivity contribution in [3.63, 3.8) is 0 Å². The standard InChI is InChI=1S/C22H18NO2S/c1-25-18-9-10-19-20(13-18)26-21(22(19)24)12-17-8-5-11-23(15-17)14-16-6-3-2-4-7-16/h2-13,15H,14H2,1H3/q+1/b21-12-. The van der Waals surface area contributed by atoms with Crippen LogP contribution in [0.5, 0.6) is 5.75 Å². The van der Waals surface area contributed by atoms with Crippen LogP contribution in [0.3, 0.4) is 0 Å². The minimum Gasteiger partial charge on any atom is -0.497 e. The van der Waals surface area contributed by atoms with E-state index < -0.39 is 0 Å². The van der Waals surface area contributed by atoms with E-state index in [1.165, 1.54) is 17.3 Å². The number of nitrogens with zero attached hydrogens (tertiary/aromatic N) is 1. The van der Waals surface area contributed by atoms with Gasteiger partial charge in [0.2, 0.25) is 5.78 Å². The molecule has 4 heteroatoms. The predicted octanol–water partition coefficient (Wildman–Crippen LogP) is 4.36. The zero-order valence-electron chi connectivity index (χ0n) is 14.4. The van der Waals surface area contributed by atoms with E-state index in [4.69, 9.17) is 4.74 Å². The van der Waals surface area contributed by atoms with Crippen LogP contribution < -0.4 is 9.30 Å². The molecule has 0 N–H and O–H groups in total. The van der Waals surface area contributed by atoms with Gasteiger partial charge in [-0.15, -0.1) is 0 Å². The van der Waals surface area contributed by atoms with Crippen molar-refractivity contribution in [1.82, 2.24) is 0 Å². The Morgan fingerprint density at radius 2 is 1.92 bits per heavy atom. The summed E-state index contributed by atoms with van der Waals surface area (Å²) in [7, 11) is 1.63. The molecule has 0 unspecified atom stereocenters. The summed E-state index contributed by atoms with van der Waals surface area (Å²) < 4.78 is 7.38. The van der Waals surface area contributed by atoms with Gasteiger partial charge in [0, 0.05) is 27.7 Å². The summed E-state index contributed by atoms with van der Waals surface area (Å²) >= 11 is 1.50. The van der Waals surface area contributed by atoms with E-state index in [1.807, 2.05) is 60.8 Å².